The summed E-state index contributed by atoms with van der Waals surface area (Å²) in [4.78, 5) is 10.7. The topological polar surface area (TPSA) is 50.9 Å². The van der Waals surface area contributed by atoms with Crippen molar-refractivity contribution in [2.45, 2.75) is 104 Å². The van der Waals surface area contributed by atoms with Crippen molar-refractivity contribution in [3.63, 3.8) is 0 Å². The first kappa shape index (κ1) is 44.8. The molecule has 2 aromatic heterocycles. The Hall–Kier alpha value is -7.04. The predicted molar refractivity (Wildman–Crippen MR) is 285 cm³/mol. The summed E-state index contributed by atoms with van der Waals surface area (Å²) in [6.07, 6.45) is 4.06. The van der Waals surface area contributed by atoms with Crippen LogP contribution >= 0.6 is 0 Å². The predicted octanol–water partition coefficient (Wildman–Crippen LogP) is 16.7. The minimum absolute atomic E-state index is 0.0554. The van der Waals surface area contributed by atoms with Crippen LogP contribution in [0.5, 0.6) is 5.75 Å². The number of rotatable bonds is 8. The summed E-state index contributed by atoms with van der Waals surface area (Å²) in [5.41, 5.74) is 19.2. The molecule has 0 radical (unpaired) electrons. The first-order chi connectivity index (χ1) is 32.4. The van der Waals surface area contributed by atoms with Crippen molar-refractivity contribution in [2.75, 3.05) is 0 Å². The van der Waals surface area contributed by atoms with E-state index < -0.39 is 0 Å². The van der Waals surface area contributed by atoms with Crippen LogP contribution in [0, 0.1) is 6.92 Å². The number of fused-ring (bicyclic) bond motifs is 2. The summed E-state index contributed by atoms with van der Waals surface area (Å²) in [6.45, 7) is 22.8. The minimum Gasteiger partial charge on any atom is -0.507 e. The molecule has 9 aromatic rings. The van der Waals surface area contributed by atoms with E-state index in [1.807, 2.05) is 12.3 Å². The molecule has 0 bridgehead atoms. The molecule has 4 nitrogen and oxygen atoms in total. The van der Waals surface area contributed by atoms with Crippen LogP contribution in [-0.2, 0) is 21.7 Å². The standard InChI is InChI=1S/C64H63N3O/c1-41-24-29-56(51(34-41)43-18-13-11-14-19-43)67-57-23-17-22-50(59(57)66-60(67)52-39-53-54(40-58(52)68)63(7,8)32-31-62(53,5)6)45-35-46(37-49(36-45)61(2,3)4)55-38-44(30-33-65-55)42-25-27-48(28-26-42)64(9,10)47-20-15-12-16-21-47/h11-30,33-40,68H,31-32H2,1-10H3. The molecule has 4 heteroatoms. The number of phenolic OH excluding ortho intramolecular Hbond substituents is 1. The van der Waals surface area contributed by atoms with Gasteiger partial charge in [-0.05, 0) is 141 Å². The maximum Gasteiger partial charge on any atom is 0.149 e. The number of phenols is 1. The second kappa shape index (κ2) is 16.6. The van der Waals surface area contributed by atoms with Gasteiger partial charge < -0.3 is 5.11 Å². The van der Waals surface area contributed by atoms with Gasteiger partial charge in [0.15, 0.2) is 0 Å². The van der Waals surface area contributed by atoms with Gasteiger partial charge in [0, 0.05) is 28.3 Å². The zero-order valence-corrected chi connectivity index (χ0v) is 41.4. The van der Waals surface area contributed by atoms with Gasteiger partial charge in [0.1, 0.15) is 11.6 Å². The van der Waals surface area contributed by atoms with E-state index in [0.29, 0.717) is 5.82 Å². The largest absolute Gasteiger partial charge is 0.507 e. The molecule has 1 aliphatic rings. The lowest BCUT2D eigenvalue weighted by molar-refractivity contribution is 0.330. The summed E-state index contributed by atoms with van der Waals surface area (Å²) in [6, 6.07) is 59.0. The lowest BCUT2D eigenvalue weighted by Crippen LogP contribution is -2.33. The van der Waals surface area contributed by atoms with Gasteiger partial charge in [-0.15, -0.1) is 0 Å². The van der Waals surface area contributed by atoms with Crippen LogP contribution in [0.4, 0.5) is 0 Å². The van der Waals surface area contributed by atoms with Gasteiger partial charge in [0.2, 0.25) is 0 Å². The van der Waals surface area contributed by atoms with E-state index in [9.17, 15) is 5.11 Å². The number of hydrogen-bond donors (Lipinski definition) is 1. The first-order valence-electron chi connectivity index (χ1n) is 24.2. The maximum atomic E-state index is 12.3. The lowest BCUT2D eigenvalue weighted by atomic mass is 9.63. The molecular formula is C64H63N3O. The number of pyridine rings is 1. The van der Waals surface area contributed by atoms with Crippen LogP contribution in [0.1, 0.15) is 109 Å². The summed E-state index contributed by atoms with van der Waals surface area (Å²) in [5, 5.41) is 12.3. The Bertz CT molecular complexity index is 3350. The van der Waals surface area contributed by atoms with Crippen LogP contribution in [0.3, 0.4) is 0 Å². The quantitative estimate of drug-likeness (QED) is 0.165. The maximum absolute atomic E-state index is 12.3. The summed E-state index contributed by atoms with van der Waals surface area (Å²) >= 11 is 0. The van der Waals surface area contributed by atoms with Gasteiger partial charge in [0.05, 0.1) is 28.0 Å². The number of para-hydroxylation sites is 1. The normalized spacial score (nSPS) is 14.5. The van der Waals surface area contributed by atoms with E-state index in [2.05, 4.69) is 232 Å². The summed E-state index contributed by atoms with van der Waals surface area (Å²) < 4.78 is 2.29. The van der Waals surface area contributed by atoms with E-state index >= 15 is 0 Å². The molecule has 0 saturated heterocycles. The Balaban J connectivity index is 1.16. The lowest BCUT2D eigenvalue weighted by Gasteiger charge is -2.42. The number of aromatic hydroxyl groups is 1. The van der Waals surface area contributed by atoms with Crippen LogP contribution < -0.4 is 0 Å². The van der Waals surface area contributed by atoms with Crippen molar-refractivity contribution in [3.8, 4) is 67.5 Å². The molecule has 2 heterocycles. The molecule has 0 amide bonds. The molecule has 0 saturated carbocycles. The van der Waals surface area contributed by atoms with Gasteiger partial charge >= 0.3 is 0 Å². The van der Waals surface area contributed by atoms with Gasteiger partial charge in [-0.2, -0.15) is 0 Å². The van der Waals surface area contributed by atoms with Crippen molar-refractivity contribution in [1.82, 2.24) is 14.5 Å². The molecule has 0 fully saturated rings. The highest BCUT2D eigenvalue weighted by Crippen LogP contribution is 2.50. The second-order valence-electron chi connectivity index (χ2n) is 22.1. The van der Waals surface area contributed by atoms with E-state index in [4.69, 9.17) is 9.97 Å². The van der Waals surface area contributed by atoms with Crippen LogP contribution in [0.15, 0.2) is 170 Å². The van der Waals surface area contributed by atoms with Crippen molar-refractivity contribution in [1.29, 1.82) is 0 Å². The molecule has 68 heavy (non-hydrogen) atoms. The summed E-state index contributed by atoms with van der Waals surface area (Å²) in [5.74, 6) is 0.964. The molecule has 0 atom stereocenters. The van der Waals surface area contributed by atoms with Crippen molar-refractivity contribution < 1.29 is 5.11 Å². The van der Waals surface area contributed by atoms with E-state index in [-0.39, 0.29) is 27.4 Å². The number of nitrogens with zero attached hydrogens (tertiary/aromatic N) is 3. The minimum atomic E-state index is -0.149. The third kappa shape index (κ3) is 8.04. The van der Waals surface area contributed by atoms with E-state index in [1.54, 1.807) is 0 Å². The smallest absolute Gasteiger partial charge is 0.149 e. The number of aryl methyl sites for hydroxylation is 1. The number of hydrogen-bond acceptors (Lipinski definition) is 3. The van der Waals surface area contributed by atoms with E-state index in [0.717, 1.165) is 79.8 Å². The zero-order chi connectivity index (χ0) is 47.8. The number of aromatic nitrogens is 3. The first-order valence-corrected chi connectivity index (χ1v) is 24.2. The molecule has 0 aliphatic heterocycles. The molecule has 0 spiro atoms. The fourth-order valence-corrected chi connectivity index (χ4v) is 10.5. The van der Waals surface area contributed by atoms with Crippen LogP contribution in [0.2, 0.25) is 0 Å². The zero-order valence-electron chi connectivity index (χ0n) is 41.4. The third-order valence-electron chi connectivity index (χ3n) is 15.0. The molecule has 7 aromatic carbocycles. The van der Waals surface area contributed by atoms with Gasteiger partial charge in [-0.1, -0.05) is 177 Å². The molecule has 1 aliphatic carbocycles. The number of imidazole rings is 1. The van der Waals surface area contributed by atoms with Crippen molar-refractivity contribution in [3.05, 3.63) is 203 Å². The number of benzene rings is 7. The van der Waals surface area contributed by atoms with Gasteiger partial charge in [-0.3, -0.25) is 9.55 Å². The average molecular weight is 890 g/mol. The third-order valence-corrected chi connectivity index (χ3v) is 15.0. The van der Waals surface area contributed by atoms with Gasteiger partial charge in [0.25, 0.3) is 0 Å². The summed E-state index contributed by atoms with van der Waals surface area (Å²) in [7, 11) is 0. The van der Waals surface area contributed by atoms with Crippen LogP contribution in [0.25, 0.3) is 72.7 Å². The molecule has 10 rings (SSSR count). The fourth-order valence-electron chi connectivity index (χ4n) is 10.5. The Kier molecular flexibility index (Phi) is 10.9. The monoisotopic (exact) mass is 889 g/mol. The average Bonchev–Trinajstić information content (AvgIpc) is 3.72. The second-order valence-corrected chi connectivity index (χ2v) is 22.1. The molecular weight excluding hydrogens is 827 g/mol. The van der Waals surface area contributed by atoms with Crippen molar-refractivity contribution >= 4 is 11.0 Å². The Morgan fingerprint density at radius 3 is 1.85 bits per heavy atom. The molecule has 340 valence electrons. The highest BCUT2D eigenvalue weighted by atomic mass is 16.3. The molecule has 0 unspecified atom stereocenters. The van der Waals surface area contributed by atoms with Gasteiger partial charge in [-0.25, -0.2) is 4.98 Å². The SMILES string of the molecule is Cc1ccc(-n2c(-c3cc4c(cc3O)C(C)(C)CCC4(C)C)nc3c(-c4cc(-c5cc(-c6ccc(C(C)(C)c7ccccc7)cc6)ccn5)cc(C(C)(C)C)c4)cccc32)c(-c2ccccc2)c1. The molecule has 1 N–H and O–H groups in total. The highest BCUT2D eigenvalue weighted by Gasteiger charge is 2.38. The Morgan fingerprint density at radius 1 is 0.515 bits per heavy atom. The van der Waals surface area contributed by atoms with Crippen LogP contribution in [-0.4, -0.2) is 19.6 Å². The Morgan fingerprint density at radius 2 is 1.16 bits per heavy atom. The Labute approximate surface area is 403 Å². The van der Waals surface area contributed by atoms with E-state index in [1.165, 1.54) is 33.4 Å². The highest BCUT2D eigenvalue weighted by molar-refractivity contribution is 5.98. The fraction of sp³-hybridized carbons (Fsp3) is 0.250. The van der Waals surface area contributed by atoms with Crippen molar-refractivity contribution in [2.24, 2.45) is 0 Å².